The average molecular weight is 799 g/mol. The molecular formula is C41H35Cl2F2N7O4. The number of carbonyl (C=O) groups is 1. The summed E-state index contributed by atoms with van der Waals surface area (Å²) in [5.41, 5.74) is 6.18. The lowest BCUT2D eigenvalue weighted by Gasteiger charge is -2.29. The van der Waals surface area contributed by atoms with E-state index in [9.17, 15) is 13.6 Å². The van der Waals surface area contributed by atoms with Gasteiger partial charge in [-0.1, -0.05) is 29.8 Å². The number of benzene rings is 3. The number of aromatic nitrogens is 5. The second-order valence-electron chi connectivity index (χ2n) is 14.1. The molecule has 1 atom stereocenters. The monoisotopic (exact) mass is 797 g/mol. The van der Waals surface area contributed by atoms with Gasteiger partial charge in [-0.25, -0.2) is 18.7 Å². The normalized spacial score (nSPS) is 16.2. The zero-order chi connectivity index (χ0) is 38.5. The van der Waals surface area contributed by atoms with Crippen molar-refractivity contribution in [3.63, 3.8) is 0 Å². The van der Waals surface area contributed by atoms with Crippen LogP contribution < -0.4 is 10.1 Å². The third kappa shape index (κ3) is 7.11. The van der Waals surface area contributed by atoms with Gasteiger partial charge in [0.1, 0.15) is 23.5 Å². The fourth-order valence-electron chi connectivity index (χ4n) is 7.33. The van der Waals surface area contributed by atoms with E-state index in [0.717, 1.165) is 59.6 Å². The third-order valence-corrected chi connectivity index (χ3v) is 10.9. The molecule has 4 aromatic heterocycles. The molecule has 7 aromatic rings. The molecule has 9 rings (SSSR count). The molecule has 0 saturated carbocycles. The zero-order valence-electron chi connectivity index (χ0n) is 30.1. The first-order valence-electron chi connectivity index (χ1n) is 18.2. The summed E-state index contributed by atoms with van der Waals surface area (Å²) in [6.07, 6.45) is 1.29. The van der Waals surface area contributed by atoms with Crippen molar-refractivity contribution in [1.82, 2.24) is 29.6 Å². The van der Waals surface area contributed by atoms with Crippen LogP contribution >= 0.6 is 23.2 Å². The Hall–Kier alpha value is -5.34. The minimum atomic E-state index is -2.75. The molecule has 3 aromatic carbocycles. The molecule has 0 bridgehead atoms. The largest absolute Gasteiger partial charge is 0.473 e. The van der Waals surface area contributed by atoms with E-state index in [4.69, 9.17) is 47.1 Å². The molecule has 0 radical (unpaired) electrons. The first-order valence-corrected chi connectivity index (χ1v) is 19.0. The Labute approximate surface area is 329 Å². The standard InChI is InChI=1S/C41H35Cl2F2N7O4/c1-22-28-16-26(17-30(40(44)45)38(28)50-49-22)46-41(53)24-6-8-34-33(15-24)47-36(52(34)19-27-11-14-54-27)20-51-12-9-23(10-13-51)32-3-2-4-37(48-32)55-21-25-5-7-31(42)29-18-35(43)56-39(25)29/h2-9,15-18,27,40H,10-14,19-21H2,1H3,(H,46,53)(H,49,50)/t27-/m0/s1. The molecule has 6 heterocycles. The number of fused-ring (bicyclic) bond motifs is 3. The number of anilines is 1. The molecule has 2 aliphatic heterocycles. The van der Waals surface area contributed by atoms with Crippen LogP contribution in [0, 0.1) is 6.92 Å². The van der Waals surface area contributed by atoms with Crippen molar-refractivity contribution >= 4 is 73.3 Å². The average Bonchev–Trinajstić information content (AvgIpc) is 3.87. The third-order valence-electron chi connectivity index (χ3n) is 10.4. The highest BCUT2D eigenvalue weighted by Gasteiger charge is 2.25. The Balaban J connectivity index is 0.902. The number of pyridine rings is 1. The van der Waals surface area contributed by atoms with E-state index in [1.807, 2.05) is 30.3 Å². The van der Waals surface area contributed by atoms with Gasteiger partial charge < -0.3 is 23.8 Å². The summed E-state index contributed by atoms with van der Waals surface area (Å²) < 4.78 is 47.5. The minimum absolute atomic E-state index is 0.0930. The number of nitrogens with one attached hydrogen (secondary N) is 2. The summed E-state index contributed by atoms with van der Waals surface area (Å²) in [6, 6.07) is 19.4. The topological polar surface area (TPSA) is 123 Å². The van der Waals surface area contributed by atoms with Crippen molar-refractivity contribution in [2.75, 3.05) is 25.0 Å². The number of alkyl halides is 2. The summed E-state index contributed by atoms with van der Waals surface area (Å²) in [7, 11) is 0. The van der Waals surface area contributed by atoms with Crippen LogP contribution in [0.25, 0.3) is 38.5 Å². The number of rotatable bonds is 11. The van der Waals surface area contributed by atoms with Gasteiger partial charge in [-0.15, -0.1) is 0 Å². The lowest BCUT2D eigenvalue weighted by Crippen LogP contribution is -2.33. The van der Waals surface area contributed by atoms with Gasteiger partial charge >= 0.3 is 0 Å². The summed E-state index contributed by atoms with van der Waals surface area (Å²) in [6.45, 7) is 5.45. The number of carbonyl (C=O) groups excluding carboxylic acids is 1. The Kier molecular flexibility index (Phi) is 9.70. The van der Waals surface area contributed by atoms with Crippen LogP contribution in [0.3, 0.4) is 0 Å². The second-order valence-corrected chi connectivity index (χ2v) is 14.8. The van der Waals surface area contributed by atoms with Gasteiger partial charge in [-0.2, -0.15) is 5.10 Å². The second kappa shape index (κ2) is 15.0. The molecule has 56 heavy (non-hydrogen) atoms. The van der Waals surface area contributed by atoms with Crippen molar-refractivity contribution in [3.8, 4) is 5.88 Å². The van der Waals surface area contributed by atoms with E-state index in [1.165, 1.54) is 6.07 Å². The molecule has 15 heteroatoms. The van der Waals surface area contributed by atoms with Crippen LogP contribution in [0.2, 0.25) is 10.2 Å². The van der Waals surface area contributed by atoms with E-state index >= 15 is 0 Å². The van der Waals surface area contributed by atoms with Gasteiger partial charge in [0.15, 0.2) is 5.22 Å². The fraction of sp³-hybridized carbons (Fsp3) is 0.268. The van der Waals surface area contributed by atoms with Gasteiger partial charge in [0.2, 0.25) is 5.88 Å². The van der Waals surface area contributed by atoms with Crippen LogP contribution in [0.5, 0.6) is 5.88 Å². The molecule has 1 fully saturated rings. The first kappa shape index (κ1) is 36.3. The van der Waals surface area contributed by atoms with Crippen LogP contribution in [-0.2, 0) is 24.4 Å². The Morgan fingerprint density at radius 2 is 1.96 bits per heavy atom. The number of ether oxygens (including phenoxy) is 2. The van der Waals surface area contributed by atoms with Crippen LogP contribution in [-0.4, -0.2) is 61.3 Å². The number of aromatic amines is 1. The van der Waals surface area contributed by atoms with Crippen molar-refractivity contribution < 1.29 is 27.5 Å². The number of amides is 1. The maximum atomic E-state index is 13.9. The summed E-state index contributed by atoms with van der Waals surface area (Å²) in [5, 5.41) is 11.7. The van der Waals surface area contributed by atoms with Crippen molar-refractivity contribution in [1.29, 1.82) is 0 Å². The van der Waals surface area contributed by atoms with Crippen molar-refractivity contribution in [2.45, 2.75) is 52.0 Å². The predicted octanol–water partition coefficient (Wildman–Crippen LogP) is 9.52. The summed E-state index contributed by atoms with van der Waals surface area (Å²) >= 11 is 12.4. The van der Waals surface area contributed by atoms with E-state index in [0.29, 0.717) is 58.3 Å². The van der Waals surface area contributed by atoms with Gasteiger partial charge in [-0.05, 0) is 79.4 Å². The fourth-order valence-corrected chi connectivity index (χ4v) is 7.72. The van der Waals surface area contributed by atoms with Gasteiger partial charge in [0.05, 0.1) is 40.9 Å². The number of hydrogen-bond acceptors (Lipinski definition) is 8. The summed E-state index contributed by atoms with van der Waals surface area (Å²) in [4.78, 5) is 25.6. The maximum absolute atomic E-state index is 13.9. The number of halogens is 4. The quantitative estimate of drug-likeness (QED) is 0.133. The number of imidazole rings is 1. The molecule has 2 N–H and O–H groups in total. The molecule has 0 aliphatic carbocycles. The number of nitrogens with zero attached hydrogens (tertiary/aromatic N) is 5. The van der Waals surface area contributed by atoms with Crippen LogP contribution in [0.15, 0.2) is 77.2 Å². The lowest BCUT2D eigenvalue weighted by atomic mass is 10.0. The van der Waals surface area contributed by atoms with E-state index in [-0.39, 0.29) is 34.7 Å². The summed E-state index contributed by atoms with van der Waals surface area (Å²) in [5.74, 6) is 0.946. The SMILES string of the molecule is Cc1[nH]nc2c(C(F)F)cc(NC(=O)c3ccc4c(c3)nc(CN3CC=C(c5cccc(OCc6ccc(Cl)c7cc(Cl)oc67)n5)CC3)n4C[C@@H]3CCO3)cc12. The zero-order valence-corrected chi connectivity index (χ0v) is 31.6. The highest BCUT2D eigenvalue weighted by Crippen LogP contribution is 2.34. The number of hydrogen-bond donors (Lipinski definition) is 2. The minimum Gasteiger partial charge on any atom is -0.473 e. The van der Waals surface area contributed by atoms with Gasteiger partial charge in [0, 0.05) is 70.7 Å². The molecule has 0 spiro atoms. The molecule has 286 valence electrons. The van der Waals surface area contributed by atoms with E-state index in [1.54, 1.807) is 37.3 Å². The predicted molar refractivity (Wildman–Crippen MR) is 211 cm³/mol. The number of furan rings is 1. The molecule has 2 aliphatic rings. The Morgan fingerprint density at radius 3 is 2.75 bits per heavy atom. The Bertz CT molecular complexity index is 2670. The van der Waals surface area contributed by atoms with E-state index < -0.39 is 12.3 Å². The van der Waals surface area contributed by atoms with Crippen molar-refractivity contribution in [3.05, 3.63) is 117 Å². The molecule has 11 nitrogen and oxygen atoms in total. The van der Waals surface area contributed by atoms with Crippen molar-refractivity contribution in [2.24, 2.45) is 0 Å². The Morgan fingerprint density at radius 1 is 1.09 bits per heavy atom. The van der Waals surface area contributed by atoms with E-state index in [2.05, 4.69) is 31.1 Å². The van der Waals surface area contributed by atoms with Gasteiger partial charge in [0.25, 0.3) is 12.3 Å². The lowest BCUT2D eigenvalue weighted by molar-refractivity contribution is -0.0591. The maximum Gasteiger partial charge on any atom is 0.266 e. The molecule has 1 amide bonds. The highest BCUT2D eigenvalue weighted by molar-refractivity contribution is 6.36. The van der Waals surface area contributed by atoms with Gasteiger partial charge in [-0.3, -0.25) is 14.8 Å². The highest BCUT2D eigenvalue weighted by atomic mass is 35.5. The molecule has 1 saturated heterocycles. The molecule has 0 unspecified atom stereocenters. The molecular weight excluding hydrogens is 763 g/mol. The number of aryl methyl sites for hydroxylation is 1. The number of H-pyrrole nitrogens is 1. The van der Waals surface area contributed by atoms with Crippen LogP contribution in [0.4, 0.5) is 14.5 Å². The van der Waals surface area contributed by atoms with Crippen LogP contribution in [0.1, 0.15) is 58.0 Å². The smallest absolute Gasteiger partial charge is 0.266 e. The first-order chi connectivity index (χ1) is 27.2.